The van der Waals surface area contributed by atoms with E-state index in [1.165, 1.54) is 11.3 Å². The maximum atomic E-state index is 12.8. The molecule has 2 aromatic heterocycles. The SMILES string of the molecule is NC(=O)c1sc2nccnc2c1[C@@H]1CCN(C(=O)C2CCOCC2)C1. The van der Waals surface area contributed by atoms with E-state index in [-0.39, 0.29) is 17.7 Å². The molecule has 4 heterocycles. The quantitative estimate of drug-likeness (QED) is 0.895. The highest BCUT2D eigenvalue weighted by Crippen LogP contribution is 2.38. The first-order valence-corrected chi connectivity index (χ1v) is 9.36. The van der Waals surface area contributed by atoms with Crippen LogP contribution in [0.2, 0.25) is 0 Å². The van der Waals surface area contributed by atoms with Gasteiger partial charge < -0.3 is 15.4 Å². The molecule has 25 heavy (non-hydrogen) atoms. The summed E-state index contributed by atoms with van der Waals surface area (Å²) in [6, 6.07) is 0. The lowest BCUT2D eigenvalue weighted by atomic mass is 9.97. The summed E-state index contributed by atoms with van der Waals surface area (Å²) >= 11 is 1.29. The summed E-state index contributed by atoms with van der Waals surface area (Å²) in [5.74, 6) is -0.107. The molecule has 0 saturated carbocycles. The fourth-order valence-electron chi connectivity index (χ4n) is 3.80. The molecule has 0 unspecified atom stereocenters. The van der Waals surface area contributed by atoms with Crippen molar-refractivity contribution in [3.05, 3.63) is 22.8 Å². The van der Waals surface area contributed by atoms with Crippen LogP contribution in [0.15, 0.2) is 12.4 Å². The Balaban J connectivity index is 1.59. The number of hydrogen-bond donors (Lipinski definition) is 1. The molecule has 2 saturated heterocycles. The van der Waals surface area contributed by atoms with Crippen molar-refractivity contribution >= 4 is 33.5 Å². The third-order valence-corrected chi connectivity index (χ3v) is 6.18. The molecule has 0 spiro atoms. The van der Waals surface area contributed by atoms with Crippen molar-refractivity contribution < 1.29 is 14.3 Å². The normalized spacial score (nSPS) is 21.8. The van der Waals surface area contributed by atoms with E-state index in [0.29, 0.717) is 31.2 Å². The fraction of sp³-hybridized carbons (Fsp3) is 0.529. The molecular formula is C17H20N4O3S. The monoisotopic (exact) mass is 360 g/mol. The predicted octanol–water partition coefficient (Wildman–Crippen LogP) is 1.53. The average Bonchev–Trinajstić information content (AvgIpc) is 3.26. The molecular weight excluding hydrogens is 340 g/mol. The van der Waals surface area contributed by atoms with Gasteiger partial charge in [-0.15, -0.1) is 11.3 Å². The van der Waals surface area contributed by atoms with Crippen LogP contribution in [0.1, 0.15) is 40.4 Å². The van der Waals surface area contributed by atoms with E-state index >= 15 is 0 Å². The molecule has 2 aromatic rings. The minimum Gasteiger partial charge on any atom is -0.381 e. The van der Waals surface area contributed by atoms with Crippen molar-refractivity contribution in [2.75, 3.05) is 26.3 Å². The summed E-state index contributed by atoms with van der Waals surface area (Å²) in [6.07, 6.45) is 5.64. The van der Waals surface area contributed by atoms with Crippen LogP contribution in [0.3, 0.4) is 0 Å². The number of rotatable bonds is 3. The molecule has 0 aromatic carbocycles. The minimum absolute atomic E-state index is 0.0575. The number of fused-ring (bicyclic) bond motifs is 1. The second kappa shape index (κ2) is 6.68. The van der Waals surface area contributed by atoms with Gasteiger partial charge in [0.2, 0.25) is 5.91 Å². The molecule has 2 fully saturated rings. The van der Waals surface area contributed by atoms with Crippen molar-refractivity contribution in [3.63, 3.8) is 0 Å². The summed E-state index contributed by atoms with van der Waals surface area (Å²) in [5.41, 5.74) is 7.18. The van der Waals surface area contributed by atoms with Crippen molar-refractivity contribution in [2.45, 2.75) is 25.2 Å². The van der Waals surface area contributed by atoms with Gasteiger partial charge in [0.05, 0.1) is 4.88 Å². The van der Waals surface area contributed by atoms with Crippen LogP contribution in [-0.4, -0.2) is 53.0 Å². The minimum atomic E-state index is -0.450. The standard InChI is InChI=1S/C17H20N4O3S/c18-15(22)14-12(13-16(25-14)20-5-4-19-13)11-1-6-21(9-11)17(23)10-2-7-24-8-3-10/h4-5,10-11H,1-3,6-9H2,(H2,18,22)/t11-/m1/s1. The Labute approximate surface area is 149 Å². The predicted molar refractivity (Wildman–Crippen MR) is 93.4 cm³/mol. The Morgan fingerprint density at radius 2 is 1.96 bits per heavy atom. The number of carbonyl (C=O) groups excluding carboxylic acids is 2. The average molecular weight is 360 g/mol. The van der Waals surface area contributed by atoms with Crippen molar-refractivity contribution in [1.82, 2.24) is 14.9 Å². The second-order valence-electron chi connectivity index (χ2n) is 6.58. The number of amides is 2. The van der Waals surface area contributed by atoms with Gasteiger partial charge in [-0.2, -0.15) is 0 Å². The van der Waals surface area contributed by atoms with Gasteiger partial charge in [-0.05, 0) is 19.3 Å². The number of likely N-dealkylation sites (tertiary alicyclic amines) is 1. The topological polar surface area (TPSA) is 98.4 Å². The molecule has 0 radical (unpaired) electrons. The zero-order valence-electron chi connectivity index (χ0n) is 13.8. The Bertz CT molecular complexity index is 815. The molecule has 0 aliphatic carbocycles. The summed E-state index contributed by atoms with van der Waals surface area (Å²) in [7, 11) is 0. The Morgan fingerprint density at radius 3 is 2.72 bits per heavy atom. The van der Waals surface area contributed by atoms with E-state index in [9.17, 15) is 9.59 Å². The maximum Gasteiger partial charge on any atom is 0.259 e. The number of carbonyl (C=O) groups is 2. The van der Waals surface area contributed by atoms with E-state index in [4.69, 9.17) is 10.5 Å². The number of hydrogen-bond acceptors (Lipinski definition) is 6. The van der Waals surface area contributed by atoms with Crippen LogP contribution in [0.5, 0.6) is 0 Å². The molecule has 132 valence electrons. The van der Waals surface area contributed by atoms with Gasteiger partial charge in [-0.25, -0.2) is 4.98 Å². The maximum absolute atomic E-state index is 12.8. The Hall–Kier alpha value is -2.06. The third kappa shape index (κ3) is 3.00. The largest absolute Gasteiger partial charge is 0.381 e. The molecule has 2 aliphatic heterocycles. The highest BCUT2D eigenvalue weighted by Gasteiger charge is 2.35. The molecule has 2 N–H and O–H groups in total. The number of thiophene rings is 1. The first kappa shape index (κ1) is 16.4. The molecule has 1 atom stereocenters. The first-order chi connectivity index (χ1) is 12.1. The van der Waals surface area contributed by atoms with Crippen LogP contribution in [0, 0.1) is 5.92 Å². The van der Waals surface area contributed by atoms with Crippen LogP contribution in [0.25, 0.3) is 10.3 Å². The molecule has 7 nitrogen and oxygen atoms in total. The molecule has 2 amide bonds. The van der Waals surface area contributed by atoms with Crippen LogP contribution >= 0.6 is 11.3 Å². The summed E-state index contributed by atoms with van der Waals surface area (Å²) in [5, 5.41) is 0. The van der Waals surface area contributed by atoms with Gasteiger partial charge >= 0.3 is 0 Å². The first-order valence-electron chi connectivity index (χ1n) is 8.55. The smallest absolute Gasteiger partial charge is 0.259 e. The lowest BCUT2D eigenvalue weighted by molar-refractivity contribution is -0.137. The van der Waals surface area contributed by atoms with Gasteiger partial charge in [-0.3, -0.25) is 14.6 Å². The van der Waals surface area contributed by atoms with Crippen LogP contribution < -0.4 is 5.73 Å². The molecule has 4 rings (SSSR count). The third-order valence-electron chi connectivity index (χ3n) is 5.07. The van der Waals surface area contributed by atoms with E-state index in [2.05, 4.69) is 9.97 Å². The summed E-state index contributed by atoms with van der Waals surface area (Å²) < 4.78 is 5.35. The fourth-order valence-corrected chi connectivity index (χ4v) is 4.84. The van der Waals surface area contributed by atoms with E-state index in [1.807, 2.05) is 4.90 Å². The number of aromatic nitrogens is 2. The number of nitrogens with zero attached hydrogens (tertiary/aromatic N) is 3. The van der Waals surface area contributed by atoms with Crippen LogP contribution in [-0.2, 0) is 9.53 Å². The summed E-state index contributed by atoms with van der Waals surface area (Å²) in [6.45, 7) is 2.63. The van der Waals surface area contributed by atoms with E-state index < -0.39 is 5.91 Å². The highest BCUT2D eigenvalue weighted by atomic mass is 32.1. The zero-order chi connectivity index (χ0) is 17.4. The van der Waals surface area contributed by atoms with Crippen molar-refractivity contribution in [2.24, 2.45) is 11.7 Å². The van der Waals surface area contributed by atoms with Gasteiger partial charge in [0, 0.05) is 56.1 Å². The number of nitrogens with two attached hydrogens (primary N) is 1. The van der Waals surface area contributed by atoms with Crippen molar-refractivity contribution in [3.8, 4) is 0 Å². The number of ether oxygens (including phenoxy) is 1. The van der Waals surface area contributed by atoms with E-state index in [0.717, 1.165) is 35.2 Å². The van der Waals surface area contributed by atoms with E-state index in [1.54, 1.807) is 12.4 Å². The lowest BCUT2D eigenvalue weighted by Gasteiger charge is -2.26. The van der Waals surface area contributed by atoms with Gasteiger partial charge in [-0.1, -0.05) is 0 Å². The molecule has 0 bridgehead atoms. The van der Waals surface area contributed by atoms with Gasteiger partial charge in [0.25, 0.3) is 5.91 Å². The highest BCUT2D eigenvalue weighted by molar-refractivity contribution is 7.20. The van der Waals surface area contributed by atoms with Gasteiger partial charge in [0.1, 0.15) is 10.3 Å². The van der Waals surface area contributed by atoms with Gasteiger partial charge in [0.15, 0.2) is 0 Å². The molecule has 2 aliphatic rings. The van der Waals surface area contributed by atoms with Crippen LogP contribution in [0.4, 0.5) is 0 Å². The van der Waals surface area contributed by atoms with Crippen molar-refractivity contribution in [1.29, 1.82) is 0 Å². The Kier molecular flexibility index (Phi) is 4.39. The lowest BCUT2D eigenvalue weighted by Crippen LogP contribution is -2.37. The Morgan fingerprint density at radius 1 is 1.20 bits per heavy atom. The second-order valence-corrected chi connectivity index (χ2v) is 7.57. The number of primary amides is 1. The molecule has 8 heteroatoms. The summed E-state index contributed by atoms with van der Waals surface area (Å²) in [4.78, 5) is 36.5. The zero-order valence-corrected chi connectivity index (χ0v) is 14.6.